The minimum Gasteiger partial charge on any atom is -0.376 e. The van der Waals surface area contributed by atoms with Crippen molar-refractivity contribution in [3.63, 3.8) is 0 Å². The summed E-state index contributed by atoms with van der Waals surface area (Å²) < 4.78 is 35.2. The molecule has 2 aliphatic rings. The first-order valence-electron chi connectivity index (χ1n) is 9.72. The van der Waals surface area contributed by atoms with Crippen LogP contribution in [0.25, 0.3) is 10.9 Å². The van der Waals surface area contributed by atoms with Crippen molar-refractivity contribution in [3.8, 4) is 0 Å². The molecule has 3 heterocycles. The molecule has 0 spiro atoms. The molecular formula is C20H27N3O3S. The van der Waals surface area contributed by atoms with Gasteiger partial charge in [0.25, 0.3) is 0 Å². The molecule has 2 saturated heterocycles. The maximum Gasteiger partial charge on any atom is 0.244 e. The van der Waals surface area contributed by atoms with Gasteiger partial charge in [0.2, 0.25) is 10.0 Å². The van der Waals surface area contributed by atoms with E-state index in [-0.39, 0.29) is 18.2 Å². The molecule has 1 aromatic heterocycles. The maximum absolute atomic E-state index is 13.8. The number of pyridine rings is 1. The summed E-state index contributed by atoms with van der Waals surface area (Å²) in [5.74, 6) is 0. The molecule has 7 heteroatoms. The van der Waals surface area contributed by atoms with Gasteiger partial charge in [0.05, 0.1) is 22.6 Å². The largest absolute Gasteiger partial charge is 0.376 e. The van der Waals surface area contributed by atoms with Crippen LogP contribution < -0.4 is 5.73 Å². The number of nitrogens with two attached hydrogens (primary N) is 1. The van der Waals surface area contributed by atoms with E-state index < -0.39 is 10.0 Å². The van der Waals surface area contributed by atoms with Crippen molar-refractivity contribution in [3.05, 3.63) is 36.0 Å². The second-order valence-electron chi connectivity index (χ2n) is 7.65. The van der Waals surface area contributed by atoms with Crippen LogP contribution in [0.2, 0.25) is 0 Å². The van der Waals surface area contributed by atoms with Gasteiger partial charge in [-0.05, 0) is 56.4 Å². The number of sulfonamides is 1. The van der Waals surface area contributed by atoms with Crippen LogP contribution >= 0.6 is 0 Å². The summed E-state index contributed by atoms with van der Waals surface area (Å²) >= 11 is 0. The van der Waals surface area contributed by atoms with E-state index in [0.29, 0.717) is 35.4 Å². The third kappa shape index (κ3) is 3.49. The minimum absolute atomic E-state index is 0.0822. The van der Waals surface area contributed by atoms with E-state index >= 15 is 0 Å². The van der Waals surface area contributed by atoms with Crippen molar-refractivity contribution in [1.82, 2.24) is 9.29 Å². The Labute approximate surface area is 160 Å². The molecule has 1 aromatic carbocycles. The number of hydrogen-bond donors (Lipinski definition) is 1. The van der Waals surface area contributed by atoms with E-state index in [0.717, 1.165) is 31.2 Å². The Kier molecular flexibility index (Phi) is 5.20. The first-order chi connectivity index (χ1) is 13.0. The van der Waals surface area contributed by atoms with Crippen LogP contribution in [0.4, 0.5) is 0 Å². The van der Waals surface area contributed by atoms with E-state index in [9.17, 15) is 8.42 Å². The smallest absolute Gasteiger partial charge is 0.244 e. The second kappa shape index (κ2) is 7.47. The summed E-state index contributed by atoms with van der Waals surface area (Å²) in [7, 11) is -3.66. The van der Waals surface area contributed by atoms with Gasteiger partial charge in [0.15, 0.2) is 0 Å². The van der Waals surface area contributed by atoms with E-state index in [2.05, 4.69) is 4.98 Å². The van der Waals surface area contributed by atoms with Crippen LogP contribution in [0.1, 0.15) is 37.7 Å². The molecule has 6 nitrogen and oxygen atoms in total. The second-order valence-corrected chi connectivity index (χ2v) is 9.48. The summed E-state index contributed by atoms with van der Waals surface area (Å²) in [4.78, 5) is 4.71. The fourth-order valence-corrected chi connectivity index (χ4v) is 6.55. The average Bonchev–Trinajstić information content (AvgIpc) is 2.67. The number of fused-ring (bicyclic) bond motifs is 1. The molecule has 4 rings (SSSR count). The Morgan fingerprint density at radius 1 is 1.22 bits per heavy atom. The summed E-state index contributed by atoms with van der Waals surface area (Å²) in [5.41, 5.74) is 7.59. The Morgan fingerprint density at radius 3 is 2.89 bits per heavy atom. The van der Waals surface area contributed by atoms with Gasteiger partial charge in [0.1, 0.15) is 0 Å². The monoisotopic (exact) mass is 389 g/mol. The highest BCUT2D eigenvalue weighted by atomic mass is 32.2. The number of nitrogens with zero attached hydrogens (tertiary/aromatic N) is 2. The number of aromatic nitrogens is 1. The van der Waals surface area contributed by atoms with E-state index in [1.165, 1.54) is 0 Å². The van der Waals surface area contributed by atoms with Crippen LogP contribution in [0.5, 0.6) is 0 Å². The van der Waals surface area contributed by atoms with Gasteiger partial charge >= 0.3 is 0 Å². The lowest BCUT2D eigenvalue weighted by Crippen LogP contribution is -2.53. The normalized spacial score (nSPS) is 27.7. The molecular weight excluding hydrogens is 362 g/mol. The quantitative estimate of drug-likeness (QED) is 0.872. The van der Waals surface area contributed by atoms with Crippen molar-refractivity contribution in [2.24, 2.45) is 5.73 Å². The topological polar surface area (TPSA) is 85.5 Å². The van der Waals surface area contributed by atoms with Crippen LogP contribution in [-0.4, -0.2) is 49.0 Å². The zero-order valence-corrected chi connectivity index (χ0v) is 16.5. The molecule has 3 unspecified atom stereocenters. The van der Waals surface area contributed by atoms with Crippen molar-refractivity contribution in [2.75, 3.05) is 13.2 Å². The van der Waals surface area contributed by atoms with E-state index in [1.54, 1.807) is 16.6 Å². The standard InChI is InChI=1S/C20H27N3O3S/c1-14-7-8-17-16(5-4-10-22-17)20(14)27(24,25)23-11-3-2-6-18(23)19-13-15(21)9-12-26-19/h4-5,7-8,10,15,18-19H,2-3,6,9,11-13,21H2,1H3. The summed E-state index contributed by atoms with van der Waals surface area (Å²) in [6.45, 7) is 2.98. The third-order valence-corrected chi connectivity index (χ3v) is 7.91. The number of aryl methyl sites for hydroxylation is 1. The molecule has 3 atom stereocenters. The zero-order valence-electron chi connectivity index (χ0n) is 15.7. The Bertz CT molecular complexity index is 931. The lowest BCUT2D eigenvalue weighted by Gasteiger charge is -2.42. The Balaban J connectivity index is 1.77. The summed E-state index contributed by atoms with van der Waals surface area (Å²) in [6, 6.07) is 7.28. The van der Waals surface area contributed by atoms with Crippen LogP contribution in [0, 0.1) is 6.92 Å². The lowest BCUT2D eigenvalue weighted by molar-refractivity contribution is -0.0386. The van der Waals surface area contributed by atoms with Gasteiger partial charge in [-0.3, -0.25) is 4.98 Å². The maximum atomic E-state index is 13.8. The fraction of sp³-hybridized carbons (Fsp3) is 0.550. The van der Waals surface area contributed by atoms with Crippen molar-refractivity contribution >= 4 is 20.9 Å². The highest BCUT2D eigenvalue weighted by molar-refractivity contribution is 7.89. The summed E-state index contributed by atoms with van der Waals surface area (Å²) in [5, 5.41) is 0.683. The van der Waals surface area contributed by atoms with E-state index in [1.807, 2.05) is 25.1 Å². The average molecular weight is 390 g/mol. The van der Waals surface area contributed by atoms with Gasteiger partial charge in [-0.15, -0.1) is 0 Å². The lowest BCUT2D eigenvalue weighted by atomic mass is 9.93. The van der Waals surface area contributed by atoms with Crippen LogP contribution in [0.3, 0.4) is 0 Å². The Morgan fingerprint density at radius 2 is 2.07 bits per heavy atom. The molecule has 0 bridgehead atoms. The molecule has 0 radical (unpaired) electrons. The molecule has 0 amide bonds. The molecule has 2 N–H and O–H groups in total. The molecule has 0 aliphatic carbocycles. The predicted molar refractivity (Wildman–Crippen MR) is 105 cm³/mol. The van der Waals surface area contributed by atoms with Crippen LogP contribution in [-0.2, 0) is 14.8 Å². The first kappa shape index (κ1) is 18.8. The number of piperidine rings is 1. The number of hydrogen-bond acceptors (Lipinski definition) is 5. The van der Waals surface area contributed by atoms with Crippen molar-refractivity contribution in [2.45, 2.75) is 62.1 Å². The molecule has 0 saturated carbocycles. The molecule has 2 aromatic rings. The third-order valence-electron chi connectivity index (χ3n) is 5.78. The highest BCUT2D eigenvalue weighted by Gasteiger charge is 2.41. The summed E-state index contributed by atoms with van der Waals surface area (Å²) in [6.07, 6.45) is 5.82. The number of benzene rings is 1. The first-order valence-corrected chi connectivity index (χ1v) is 11.2. The van der Waals surface area contributed by atoms with Gasteiger partial charge in [0, 0.05) is 30.8 Å². The Hall–Kier alpha value is -1.54. The molecule has 2 fully saturated rings. The van der Waals surface area contributed by atoms with Crippen LogP contribution in [0.15, 0.2) is 35.4 Å². The highest BCUT2D eigenvalue weighted by Crippen LogP contribution is 2.34. The zero-order chi connectivity index (χ0) is 19.0. The van der Waals surface area contributed by atoms with Crippen molar-refractivity contribution in [1.29, 1.82) is 0 Å². The SMILES string of the molecule is Cc1ccc2ncccc2c1S(=O)(=O)N1CCCCC1C1CC(N)CCO1. The van der Waals surface area contributed by atoms with Gasteiger partial charge < -0.3 is 10.5 Å². The molecule has 2 aliphatic heterocycles. The molecule has 146 valence electrons. The van der Waals surface area contributed by atoms with Crippen molar-refractivity contribution < 1.29 is 13.2 Å². The number of ether oxygens (including phenoxy) is 1. The number of rotatable bonds is 3. The van der Waals surface area contributed by atoms with Gasteiger partial charge in [-0.2, -0.15) is 4.31 Å². The van der Waals surface area contributed by atoms with Gasteiger partial charge in [-0.25, -0.2) is 8.42 Å². The van der Waals surface area contributed by atoms with Gasteiger partial charge in [-0.1, -0.05) is 12.5 Å². The fourth-order valence-electron chi connectivity index (χ4n) is 4.42. The van der Waals surface area contributed by atoms with E-state index in [4.69, 9.17) is 10.5 Å². The minimum atomic E-state index is -3.66. The predicted octanol–water partition coefficient (Wildman–Crippen LogP) is 2.59. The molecule has 27 heavy (non-hydrogen) atoms.